The monoisotopic (exact) mass is 417 g/mol. The molecule has 0 heterocycles. The van der Waals surface area contributed by atoms with Gasteiger partial charge in [-0.1, -0.05) is 30.3 Å². The van der Waals surface area contributed by atoms with Crippen LogP contribution in [0.5, 0.6) is 11.5 Å². The molecule has 0 aromatic heterocycles. The first-order valence-corrected chi connectivity index (χ1v) is 11.4. The zero-order chi connectivity index (χ0) is 21.3. The molecule has 0 bridgehead atoms. The Hall–Kier alpha value is -2.31. The van der Waals surface area contributed by atoms with E-state index >= 15 is 0 Å². The summed E-state index contributed by atoms with van der Waals surface area (Å²) in [6.07, 6.45) is 2.06. The third kappa shape index (κ3) is 6.61. The Kier molecular flexibility index (Phi) is 8.73. The van der Waals surface area contributed by atoms with Gasteiger partial charge >= 0.3 is 0 Å². The van der Waals surface area contributed by atoms with Gasteiger partial charge in [-0.3, -0.25) is 0 Å². The molecular weight excluding hydrogens is 386 g/mol. The molecule has 0 amide bonds. The maximum atomic E-state index is 13.2. The van der Waals surface area contributed by atoms with Crippen LogP contribution in [0.4, 0.5) is 0 Å². The highest BCUT2D eigenvalue weighted by atomic mass is 32.2. The summed E-state index contributed by atoms with van der Waals surface area (Å²) in [4.78, 5) is 0. The molecule has 0 radical (unpaired) electrons. The first-order chi connectivity index (χ1) is 13.9. The predicted octanol–water partition coefficient (Wildman–Crippen LogP) is 4.78. The summed E-state index contributed by atoms with van der Waals surface area (Å²) in [5, 5.41) is -0.537. The van der Waals surface area contributed by atoms with Crippen LogP contribution in [-0.2, 0) is 23.1 Å². The molecule has 29 heavy (non-hydrogen) atoms. The van der Waals surface area contributed by atoms with Crippen molar-refractivity contribution in [3.63, 3.8) is 0 Å². The molecule has 158 valence electrons. The molecule has 2 rings (SSSR count). The van der Waals surface area contributed by atoms with E-state index in [2.05, 4.69) is 6.58 Å². The summed E-state index contributed by atoms with van der Waals surface area (Å²) in [6.45, 7) is 11.0. The van der Waals surface area contributed by atoms with Crippen molar-refractivity contribution in [1.82, 2.24) is 4.31 Å². The van der Waals surface area contributed by atoms with E-state index in [4.69, 9.17) is 9.47 Å². The molecule has 0 N–H and O–H groups in total. The number of nitrogens with zero attached hydrogens (tertiary/aromatic N) is 1. The number of ether oxygens (including phenoxy) is 2. The quantitative estimate of drug-likeness (QED) is 0.466. The fraction of sp³-hybridized carbons (Fsp3) is 0.391. The number of hydrogen-bond acceptors (Lipinski definition) is 4. The second-order valence-corrected chi connectivity index (χ2v) is 9.15. The minimum absolute atomic E-state index is 0.295. The Morgan fingerprint density at radius 2 is 1.31 bits per heavy atom. The van der Waals surface area contributed by atoms with Crippen molar-refractivity contribution in [2.24, 2.45) is 0 Å². The largest absolute Gasteiger partial charge is 0.494 e. The van der Waals surface area contributed by atoms with Gasteiger partial charge in [-0.05, 0) is 62.6 Å². The summed E-state index contributed by atoms with van der Waals surface area (Å²) in [6, 6.07) is 15.1. The van der Waals surface area contributed by atoms with Crippen LogP contribution in [0.15, 0.2) is 61.2 Å². The van der Waals surface area contributed by atoms with Crippen molar-refractivity contribution in [1.29, 1.82) is 0 Å². The Morgan fingerprint density at radius 3 is 1.66 bits per heavy atom. The van der Waals surface area contributed by atoms with E-state index in [1.165, 1.54) is 4.31 Å². The average Bonchev–Trinajstić information content (AvgIpc) is 2.71. The molecule has 0 aliphatic heterocycles. The molecule has 2 aromatic carbocycles. The predicted molar refractivity (Wildman–Crippen MR) is 118 cm³/mol. The fourth-order valence-corrected chi connectivity index (χ4v) is 4.52. The van der Waals surface area contributed by atoms with Crippen molar-refractivity contribution < 1.29 is 17.9 Å². The summed E-state index contributed by atoms with van der Waals surface area (Å²) in [5.74, 6) is 1.55. The first kappa shape index (κ1) is 23.0. The Morgan fingerprint density at radius 1 is 0.897 bits per heavy atom. The van der Waals surface area contributed by atoms with Gasteiger partial charge in [0.05, 0.1) is 18.5 Å². The van der Waals surface area contributed by atoms with Crippen molar-refractivity contribution >= 4 is 10.0 Å². The highest BCUT2D eigenvalue weighted by Gasteiger charge is 2.28. The topological polar surface area (TPSA) is 55.8 Å². The lowest BCUT2D eigenvalue weighted by Crippen LogP contribution is -2.36. The Balaban J connectivity index is 2.26. The van der Waals surface area contributed by atoms with Crippen LogP contribution < -0.4 is 9.47 Å². The van der Waals surface area contributed by atoms with E-state index in [9.17, 15) is 8.42 Å². The van der Waals surface area contributed by atoms with Gasteiger partial charge in [0, 0.05) is 13.1 Å². The van der Waals surface area contributed by atoms with E-state index in [1.54, 1.807) is 13.0 Å². The highest BCUT2D eigenvalue weighted by molar-refractivity contribution is 7.89. The number of allylic oxidation sites excluding steroid dienone is 1. The van der Waals surface area contributed by atoms with Gasteiger partial charge in [-0.15, -0.1) is 6.58 Å². The van der Waals surface area contributed by atoms with Gasteiger partial charge in [0.25, 0.3) is 0 Å². The molecule has 5 nitrogen and oxygen atoms in total. The molecule has 0 aliphatic rings. The lowest BCUT2D eigenvalue weighted by atomic mass is 10.2. The number of hydrogen-bond donors (Lipinski definition) is 0. The second-order valence-electron chi connectivity index (χ2n) is 6.80. The first-order valence-electron chi connectivity index (χ1n) is 9.94. The van der Waals surface area contributed by atoms with Gasteiger partial charge in [-0.2, -0.15) is 4.31 Å². The zero-order valence-electron chi connectivity index (χ0n) is 17.5. The van der Waals surface area contributed by atoms with Crippen LogP contribution >= 0.6 is 0 Å². The van der Waals surface area contributed by atoms with Gasteiger partial charge in [0.1, 0.15) is 11.5 Å². The number of benzene rings is 2. The molecule has 0 aliphatic carbocycles. The molecule has 1 atom stereocenters. The number of sulfonamides is 1. The van der Waals surface area contributed by atoms with Crippen LogP contribution in [0.2, 0.25) is 0 Å². The third-order valence-corrected chi connectivity index (χ3v) is 6.74. The van der Waals surface area contributed by atoms with Crippen LogP contribution in [0.1, 0.15) is 38.3 Å². The fourth-order valence-electron chi connectivity index (χ4n) is 2.97. The molecule has 0 saturated carbocycles. The molecule has 6 heteroatoms. The summed E-state index contributed by atoms with van der Waals surface area (Å²) in [7, 11) is -3.50. The minimum Gasteiger partial charge on any atom is -0.494 e. The Labute approximate surface area is 175 Å². The lowest BCUT2D eigenvalue weighted by molar-refractivity contribution is 0.339. The van der Waals surface area contributed by atoms with E-state index in [-0.39, 0.29) is 0 Å². The van der Waals surface area contributed by atoms with E-state index < -0.39 is 15.3 Å². The average molecular weight is 418 g/mol. The standard InChI is InChI=1S/C23H31NO4S/c1-5-8-19(4)29(25,26)24(17-20-9-13-22(14-10-20)27-6-2)18-21-11-15-23(16-12-21)28-7-3/h5,9-16,19H,1,6-8,17-18H2,2-4H3/t19-/m1/s1. The molecule has 0 unspecified atom stereocenters. The molecular formula is C23H31NO4S. The molecule has 0 fully saturated rings. The SMILES string of the molecule is C=CC[C@@H](C)S(=O)(=O)N(Cc1ccc(OCC)cc1)Cc1ccc(OCC)cc1. The van der Waals surface area contributed by atoms with Gasteiger partial charge in [0.15, 0.2) is 0 Å². The zero-order valence-corrected chi connectivity index (χ0v) is 18.3. The van der Waals surface area contributed by atoms with Crippen LogP contribution in [0.25, 0.3) is 0 Å². The van der Waals surface area contributed by atoms with E-state index in [1.807, 2.05) is 62.4 Å². The molecule has 0 spiro atoms. The van der Waals surface area contributed by atoms with Gasteiger partial charge < -0.3 is 9.47 Å². The van der Waals surface area contributed by atoms with Crippen LogP contribution in [-0.4, -0.2) is 31.2 Å². The highest BCUT2D eigenvalue weighted by Crippen LogP contribution is 2.22. The summed E-state index contributed by atoms with van der Waals surface area (Å²) >= 11 is 0. The number of rotatable bonds is 12. The van der Waals surface area contributed by atoms with Crippen LogP contribution in [0.3, 0.4) is 0 Å². The van der Waals surface area contributed by atoms with E-state index in [0.29, 0.717) is 32.7 Å². The third-order valence-electron chi connectivity index (χ3n) is 4.55. The maximum Gasteiger partial charge on any atom is 0.217 e. The van der Waals surface area contributed by atoms with Crippen molar-refractivity contribution in [3.8, 4) is 11.5 Å². The van der Waals surface area contributed by atoms with Gasteiger partial charge in [-0.25, -0.2) is 8.42 Å². The van der Waals surface area contributed by atoms with Crippen LogP contribution in [0, 0.1) is 0 Å². The van der Waals surface area contributed by atoms with Crippen molar-refractivity contribution in [2.75, 3.05) is 13.2 Å². The Bertz CT molecular complexity index is 809. The molecule has 2 aromatic rings. The van der Waals surface area contributed by atoms with Gasteiger partial charge in [0.2, 0.25) is 10.0 Å². The van der Waals surface area contributed by atoms with E-state index in [0.717, 1.165) is 22.6 Å². The molecule has 0 saturated heterocycles. The van der Waals surface area contributed by atoms with Crippen molar-refractivity contribution in [2.45, 2.75) is 45.5 Å². The summed E-state index contributed by atoms with van der Waals surface area (Å²) < 4.78 is 38.9. The lowest BCUT2D eigenvalue weighted by Gasteiger charge is -2.26. The maximum absolute atomic E-state index is 13.2. The summed E-state index contributed by atoms with van der Waals surface area (Å²) in [5.41, 5.74) is 1.82. The normalized spacial score (nSPS) is 12.6. The smallest absolute Gasteiger partial charge is 0.217 e. The van der Waals surface area contributed by atoms with Crippen molar-refractivity contribution in [3.05, 3.63) is 72.3 Å². The minimum atomic E-state index is -3.50. The second kappa shape index (κ2) is 11.0.